The van der Waals surface area contributed by atoms with Gasteiger partial charge in [-0.3, -0.25) is 4.79 Å². The number of carbonyl (C=O) groups excluding carboxylic acids is 1. The predicted octanol–water partition coefficient (Wildman–Crippen LogP) is 2.80. The van der Waals surface area contributed by atoms with Gasteiger partial charge in [-0.25, -0.2) is 9.67 Å². The molecule has 0 aliphatic heterocycles. The molecule has 0 saturated heterocycles. The summed E-state index contributed by atoms with van der Waals surface area (Å²) in [6.07, 6.45) is 2.64. The van der Waals surface area contributed by atoms with Gasteiger partial charge in [-0.1, -0.05) is 30.3 Å². The van der Waals surface area contributed by atoms with Crippen molar-refractivity contribution in [3.8, 4) is 11.3 Å². The molecule has 0 atom stereocenters. The van der Waals surface area contributed by atoms with E-state index < -0.39 is 0 Å². The Labute approximate surface area is 153 Å². The number of nitrogens with zero attached hydrogens (tertiary/aromatic N) is 4. The normalized spacial score (nSPS) is 11.2. The minimum atomic E-state index is -0.0796. The van der Waals surface area contributed by atoms with Gasteiger partial charge < -0.3 is 10.2 Å². The van der Waals surface area contributed by atoms with Crippen LogP contribution in [0.2, 0.25) is 0 Å². The highest BCUT2D eigenvalue weighted by Gasteiger charge is 2.16. The van der Waals surface area contributed by atoms with Crippen LogP contribution in [0.15, 0.2) is 42.6 Å². The number of carbonyl (C=O) groups is 1. The average molecular weight is 351 g/mol. The Morgan fingerprint density at radius 1 is 1.23 bits per heavy atom. The molecule has 3 aromatic rings. The molecule has 0 spiro atoms. The highest BCUT2D eigenvalue weighted by atomic mass is 16.1. The van der Waals surface area contributed by atoms with Gasteiger partial charge in [0.2, 0.25) is 0 Å². The van der Waals surface area contributed by atoms with E-state index in [-0.39, 0.29) is 5.91 Å². The lowest BCUT2D eigenvalue weighted by Gasteiger charge is -2.11. The van der Waals surface area contributed by atoms with Crippen LogP contribution in [0, 0.1) is 0 Å². The van der Waals surface area contributed by atoms with E-state index in [2.05, 4.69) is 15.3 Å². The summed E-state index contributed by atoms with van der Waals surface area (Å²) in [7, 11) is 4.05. The number of nitrogens with one attached hydrogen (secondary N) is 1. The number of amides is 1. The molecular weight excluding hydrogens is 326 g/mol. The van der Waals surface area contributed by atoms with Crippen molar-refractivity contribution in [1.82, 2.24) is 25.0 Å². The van der Waals surface area contributed by atoms with Gasteiger partial charge in [0, 0.05) is 18.7 Å². The number of rotatable bonds is 7. The van der Waals surface area contributed by atoms with Crippen LogP contribution in [-0.4, -0.2) is 52.8 Å². The quantitative estimate of drug-likeness (QED) is 0.665. The standard InChI is InChI=1S/C20H25N5O/c1-4-25-19-17(14-22-25)16(20(26)21-11-8-12-24(2)3)13-18(23-19)15-9-6-5-7-10-15/h5-7,9-10,13-14H,4,8,11-12H2,1-3H3,(H,21,26). The predicted molar refractivity (Wildman–Crippen MR) is 104 cm³/mol. The molecule has 0 fully saturated rings. The topological polar surface area (TPSA) is 63.1 Å². The van der Waals surface area contributed by atoms with Crippen LogP contribution in [0.3, 0.4) is 0 Å². The van der Waals surface area contributed by atoms with Crippen LogP contribution in [0.4, 0.5) is 0 Å². The van der Waals surface area contributed by atoms with Gasteiger partial charge in [0.1, 0.15) is 0 Å². The summed E-state index contributed by atoms with van der Waals surface area (Å²) in [5, 5.41) is 8.19. The Hall–Kier alpha value is -2.73. The Kier molecular flexibility index (Phi) is 5.63. The Morgan fingerprint density at radius 2 is 2.00 bits per heavy atom. The smallest absolute Gasteiger partial charge is 0.252 e. The summed E-state index contributed by atoms with van der Waals surface area (Å²) in [5.41, 5.74) is 3.14. The summed E-state index contributed by atoms with van der Waals surface area (Å²) in [6.45, 7) is 4.31. The van der Waals surface area contributed by atoms with E-state index >= 15 is 0 Å². The first-order valence-corrected chi connectivity index (χ1v) is 8.95. The van der Waals surface area contributed by atoms with Crippen LogP contribution in [-0.2, 0) is 6.54 Å². The zero-order chi connectivity index (χ0) is 18.5. The van der Waals surface area contributed by atoms with Gasteiger partial charge in [0.15, 0.2) is 5.65 Å². The molecule has 1 N–H and O–H groups in total. The summed E-state index contributed by atoms with van der Waals surface area (Å²) >= 11 is 0. The molecule has 26 heavy (non-hydrogen) atoms. The summed E-state index contributed by atoms with van der Waals surface area (Å²) in [6, 6.07) is 11.8. The first kappa shape index (κ1) is 18.1. The number of benzene rings is 1. The third-order valence-electron chi connectivity index (χ3n) is 4.29. The maximum absolute atomic E-state index is 12.8. The number of fused-ring (bicyclic) bond motifs is 1. The van der Waals surface area contributed by atoms with Gasteiger partial charge in [-0.15, -0.1) is 0 Å². The van der Waals surface area contributed by atoms with E-state index in [0.29, 0.717) is 18.7 Å². The molecule has 2 heterocycles. The third-order valence-corrected chi connectivity index (χ3v) is 4.29. The molecule has 6 nitrogen and oxygen atoms in total. The van der Waals surface area contributed by atoms with Crippen LogP contribution < -0.4 is 5.32 Å². The van der Waals surface area contributed by atoms with Crippen molar-refractivity contribution in [2.75, 3.05) is 27.2 Å². The maximum Gasteiger partial charge on any atom is 0.252 e. The summed E-state index contributed by atoms with van der Waals surface area (Å²) in [4.78, 5) is 19.7. The van der Waals surface area contributed by atoms with Crippen LogP contribution in [0.25, 0.3) is 22.3 Å². The van der Waals surface area contributed by atoms with Gasteiger partial charge in [-0.05, 0) is 40.1 Å². The Bertz CT molecular complexity index is 886. The van der Waals surface area contributed by atoms with Crippen LogP contribution >= 0.6 is 0 Å². The first-order chi connectivity index (χ1) is 12.6. The molecule has 0 bridgehead atoms. The highest BCUT2D eigenvalue weighted by Crippen LogP contribution is 2.24. The largest absolute Gasteiger partial charge is 0.352 e. The van der Waals surface area contributed by atoms with Crippen molar-refractivity contribution in [3.63, 3.8) is 0 Å². The summed E-state index contributed by atoms with van der Waals surface area (Å²) < 4.78 is 1.82. The second-order valence-electron chi connectivity index (χ2n) is 6.53. The molecule has 2 aromatic heterocycles. The lowest BCUT2D eigenvalue weighted by molar-refractivity contribution is 0.0954. The van der Waals surface area contributed by atoms with E-state index in [1.54, 1.807) is 6.20 Å². The number of pyridine rings is 1. The second-order valence-corrected chi connectivity index (χ2v) is 6.53. The fourth-order valence-electron chi connectivity index (χ4n) is 2.92. The van der Waals surface area contributed by atoms with Crippen molar-refractivity contribution < 1.29 is 4.79 Å². The number of aryl methyl sites for hydroxylation is 1. The van der Waals surface area contributed by atoms with Crippen molar-refractivity contribution in [2.24, 2.45) is 0 Å². The first-order valence-electron chi connectivity index (χ1n) is 8.95. The minimum absolute atomic E-state index is 0.0796. The number of hydrogen-bond acceptors (Lipinski definition) is 4. The second kappa shape index (κ2) is 8.10. The molecule has 1 amide bonds. The van der Waals surface area contributed by atoms with Crippen molar-refractivity contribution in [1.29, 1.82) is 0 Å². The molecule has 1 aromatic carbocycles. The van der Waals surface area contributed by atoms with Crippen LogP contribution in [0.5, 0.6) is 0 Å². The lowest BCUT2D eigenvalue weighted by atomic mass is 10.1. The molecule has 0 saturated carbocycles. The molecule has 0 aliphatic carbocycles. The highest BCUT2D eigenvalue weighted by molar-refractivity contribution is 6.06. The van der Waals surface area contributed by atoms with E-state index in [0.717, 1.165) is 35.3 Å². The minimum Gasteiger partial charge on any atom is -0.352 e. The van der Waals surface area contributed by atoms with Crippen LogP contribution in [0.1, 0.15) is 23.7 Å². The van der Waals surface area contributed by atoms with E-state index in [9.17, 15) is 4.79 Å². The zero-order valence-corrected chi connectivity index (χ0v) is 15.6. The lowest BCUT2D eigenvalue weighted by Crippen LogP contribution is -2.27. The average Bonchev–Trinajstić information content (AvgIpc) is 3.08. The van der Waals surface area contributed by atoms with Gasteiger partial charge in [0.05, 0.1) is 22.8 Å². The van der Waals surface area contributed by atoms with E-state index in [1.807, 2.05) is 62.1 Å². The van der Waals surface area contributed by atoms with E-state index in [1.165, 1.54) is 0 Å². The fraction of sp³-hybridized carbons (Fsp3) is 0.350. The van der Waals surface area contributed by atoms with Gasteiger partial charge in [0.25, 0.3) is 5.91 Å². The number of aromatic nitrogens is 3. The molecule has 0 aliphatic rings. The molecular formula is C20H25N5O. The maximum atomic E-state index is 12.8. The number of hydrogen-bond donors (Lipinski definition) is 1. The third kappa shape index (κ3) is 3.91. The van der Waals surface area contributed by atoms with Gasteiger partial charge in [-0.2, -0.15) is 5.10 Å². The molecule has 136 valence electrons. The Morgan fingerprint density at radius 3 is 2.69 bits per heavy atom. The van der Waals surface area contributed by atoms with E-state index in [4.69, 9.17) is 4.98 Å². The molecule has 0 radical (unpaired) electrons. The van der Waals surface area contributed by atoms with Crippen molar-refractivity contribution in [3.05, 3.63) is 48.2 Å². The fourth-order valence-corrected chi connectivity index (χ4v) is 2.92. The van der Waals surface area contributed by atoms with Crippen molar-refractivity contribution in [2.45, 2.75) is 19.9 Å². The zero-order valence-electron chi connectivity index (χ0n) is 15.6. The van der Waals surface area contributed by atoms with Crippen molar-refractivity contribution >= 4 is 16.9 Å². The molecule has 6 heteroatoms. The molecule has 0 unspecified atom stereocenters. The SMILES string of the molecule is CCn1ncc2c(C(=O)NCCCN(C)C)cc(-c3ccccc3)nc21. The molecule has 3 rings (SSSR count). The van der Waals surface area contributed by atoms with Gasteiger partial charge >= 0.3 is 0 Å². The monoisotopic (exact) mass is 351 g/mol. The Balaban J connectivity index is 1.95. The summed E-state index contributed by atoms with van der Waals surface area (Å²) in [5.74, 6) is -0.0796.